The van der Waals surface area contributed by atoms with Crippen LogP contribution in [0.3, 0.4) is 0 Å². The molecule has 1 aromatic heterocycles. The Labute approximate surface area is 114 Å². The molecule has 1 aromatic rings. The lowest BCUT2D eigenvalue weighted by Gasteiger charge is -2.45. The topological polar surface area (TPSA) is 48.5 Å². The Hall–Kier alpha value is -1.62. The maximum atomic E-state index is 12.4. The summed E-state index contributed by atoms with van der Waals surface area (Å²) < 4.78 is 0. The molecule has 0 unspecified atom stereocenters. The number of amides is 1. The van der Waals surface area contributed by atoms with Gasteiger partial charge in [-0.3, -0.25) is 9.69 Å². The molecule has 1 N–H and O–H groups in total. The van der Waals surface area contributed by atoms with Crippen molar-refractivity contribution in [3.63, 3.8) is 0 Å². The molecule has 0 saturated carbocycles. The third kappa shape index (κ3) is 2.87. The normalized spacial score (nSPS) is 19.3. The summed E-state index contributed by atoms with van der Waals surface area (Å²) in [5.41, 5.74) is 1.44. The van der Waals surface area contributed by atoms with Crippen LogP contribution in [-0.2, 0) is 0 Å². The highest BCUT2D eigenvalue weighted by Gasteiger charge is 2.33. The van der Waals surface area contributed by atoms with Gasteiger partial charge < -0.3 is 10.2 Å². The van der Waals surface area contributed by atoms with Crippen molar-refractivity contribution in [2.45, 2.75) is 19.4 Å². The molecule has 19 heavy (non-hydrogen) atoms. The lowest BCUT2D eigenvalue weighted by Crippen LogP contribution is -2.58. The number of carbonyl (C=O) groups excluding carboxylic acids is 1. The van der Waals surface area contributed by atoms with Gasteiger partial charge in [0.05, 0.1) is 11.9 Å². The maximum Gasteiger partial charge on any atom is 0.272 e. The summed E-state index contributed by atoms with van der Waals surface area (Å²) in [5, 5.41) is 3.00. The summed E-state index contributed by atoms with van der Waals surface area (Å²) in [6, 6.07) is 3.65. The van der Waals surface area contributed by atoms with Gasteiger partial charge in [0.2, 0.25) is 0 Å². The van der Waals surface area contributed by atoms with E-state index in [4.69, 9.17) is 0 Å². The van der Waals surface area contributed by atoms with Crippen LogP contribution in [0.15, 0.2) is 18.3 Å². The summed E-state index contributed by atoms with van der Waals surface area (Å²) >= 11 is 0. The number of hydrogen-bond donors (Lipinski definition) is 1. The van der Waals surface area contributed by atoms with Crippen LogP contribution in [-0.4, -0.2) is 60.0 Å². The number of pyridine rings is 1. The molecule has 1 fully saturated rings. The van der Waals surface area contributed by atoms with Crippen molar-refractivity contribution in [2.24, 2.45) is 0 Å². The maximum absolute atomic E-state index is 12.4. The Morgan fingerprint density at radius 3 is 2.63 bits per heavy atom. The molecule has 1 saturated heterocycles. The van der Waals surface area contributed by atoms with E-state index in [1.807, 2.05) is 18.0 Å². The van der Waals surface area contributed by atoms with Crippen LogP contribution in [0.4, 0.5) is 5.69 Å². The molecule has 5 nitrogen and oxygen atoms in total. The number of nitrogens with one attached hydrogen (secondary N) is 1. The van der Waals surface area contributed by atoms with E-state index in [1.54, 1.807) is 12.3 Å². The predicted octanol–water partition coefficient (Wildman–Crippen LogP) is 1.29. The van der Waals surface area contributed by atoms with Crippen LogP contribution < -0.4 is 5.32 Å². The van der Waals surface area contributed by atoms with Crippen LogP contribution in [0.5, 0.6) is 0 Å². The summed E-state index contributed by atoms with van der Waals surface area (Å²) in [5.74, 6) is 0.0174. The number of likely N-dealkylation sites (N-methyl/N-ethyl adjacent to an activating group) is 1. The Kier molecular flexibility index (Phi) is 3.75. The van der Waals surface area contributed by atoms with Gasteiger partial charge >= 0.3 is 0 Å². The van der Waals surface area contributed by atoms with Crippen LogP contribution in [0.1, 0.15) is 24.3 Å². The first-order valence-corrected chi connectivity index (χ1v) is 6.58. The molecule has 2 heterocycles. The number of carbonyl (C=O) groups is 1. The molecule has 0 spiro atoms. The Bertz CT molecular complexity index is 455. The summed E-state index contributed by atoms with van der Waals surface area (Å²) in [6.45, 7) is 6.70. The average Bonchev–Trinajstić information content (AvgIpc) is 2.41. The Morgan fingerprint density at radius 1 is 1.37 bits per heavy atom. The molecule has 0 radical (unpaired) electrons. The Morgan fingerprint density at radius 2 is 2.11 bits per heavy atom. The van der Waals surface area contributed by atoms with Crippen LogP contribution in [0.25, 0.3) is 0 Å². The van der Waals surface area contributed by atoms with Crippen LogP contribution in [0.2, 0.25) is 0 Å². The second kappa shape index (κ2) is 5.17. The fourth-order valence-electron chi connectivity index (χ4n) is 2.24. The third-order valence-corrected chi connectivity index (χ3v) is 3.87. The van der Waals surface area contributed by atoms with Gasteiger partial charge in [0, 0.05) is 32.2 Å². The van der Waals surface area contributed by atoms with Crippen molar-refractivity contribution in [1.82, 2.24) is 14.8 Å². The number of aromatic nitrogens is 1. The highest BCUT2D eigenvalue weighted by atomic mass is 16.2. The highest BCUT2D eigenvalue weighted by molar-refractivity contribution is 5.92. The van der Waals surface area contributed by atoms with Gasteiger partial charge in [0.25, 0.3) is 5.91 Å². The number of nitrogens with zero attached hydrogens (tertiary/aromatic N) is 3. The molecule has 0 aromatic carbocycles. The average molecular weight is 262 g/mol. The largest absolute Gasteiger partial charge is 0.387 e. The first-order valence-electron chi connectivity index (χ1n) is 6.58. The molecule has 0 bridgehead atoms. The van der Waals surface area contributed by atoms with Gasteiger partial charge in [0.1, 0.15) is 5.69 Å². The monoisotopic (exact) mass is 262 g/mol. The van der Waals surface area contributed by atoms with E-state index in [-0.39, 0.29) is 11.4 Å². The lowest BCUT2D eigenvalue weighted by atomic mass is 9.99. The van der Waals surface area contributed by atoms with E-state index in [1.165, 1.54) is 0 Å². The Balaban J connectivity index is 2.11. The molecule has 2 rings (SSSR count). The van der Waals surface area contributed by atoms with Crippen molar-refractivity contribution >= 4 is 11.6 Å². The lowest BCUT2D eigenvalue weighted by molar-refractivity contribution is 0.0307. The minimum absolute atomic E-state index is 0.0127. The zero-order valence-corrected chi connectivity index (χ0v) is 12.1. The molecule has 1 aliphatic heterocycles. The number of rotatable bonds is 2. The number of piperazine rings is 1. The number of anilines is 1. The summed E-state index contributed by atoms with van der Waals surface area (Å²) in [7, 11) is 3.93. The van der Waals surface area contributed by atoms with E-state index in [2.05, 4.69) is 36.1 Å². The molecule has 0 aliphatic carbocycles. The van der Waals surface area contributed by atoms with Gasteiger partial charge in [0.15, 0.2) is 0 Å². The van der Waals surface area contributed by atoms with Gasteiger partial charge in [-0.05, 0) is 33.0 Å². The van der Waals surface area contributed by atoms with Crippen molar-refractivity contribution in [2.75, 3.05) is 39.0 Å². The van der Waals surface area contributed by atoms with E-state index >= 15 is 0 Å². The van der Waals surface area contributed by atoms with Crippen LogP contribution in [0, 0.1) is 0 Å². The molecule has 1 amide bonds. The van der Waals surface area contributed by atoms with Gasteiger partial charge in [-0.1, -0.05) is 0 Å². The summed E-state index contributed by atoms with van der Waals surface area (Å²) in [4.78, 5) is 20.8. The third-order valence-electron chi connectivity index (χ3n) is 3.87. The van der Waals surface area contributed by atoms with E-state index in [9.17, 15) is 4.79 Å². The first-order chi connectivity index (χ1) is 8.94. The molecule has 0 atom stereocenters. The van der Waals surface area contributed by atoms with E-state index in [0.717, 1.165) is 25.3 Å². The zero-order valence-electron chi connectivity index (χ0n) is 12.1. The molecular weight excluding hydrogens is 240 g/mol. The minimum atomic E-state index is 0.0127. The van der Waals surface area contributed by atoms with E-state index in [0.29, 0.717) is 5.69 Å². The minimum Gasteiger partial charge on any atom is -0.387 e. The second-order valence-electron chi connectivity index (χ2n) is 5.64. The molecular formula is C14H22N4O. The summed E-state index contributed by atoms with van der Waals surface area (Å²) in [6.07, 6.45) is 1.69. The van der Waals surface area contributed by atoms with E-state index < -0.39 is 0 Å². The second-order valence-corrected chi connectivity index (χ2v) is 5.64. The SMILES string of the molecule is CNc1ccc(C(=O)N2CCN(C)C(C)(C)C2)nc1. The molecule has 1 aliphatic rings. The standard InChI is InChI=1S/C14H22N4O/c1-14(2)10-18(8-7-17(14)4)13(19)12-6-5-11(15-3)9-16-12/h5-6,9,15H,7-8,10H2,1-4H3. The van der Waals surface area contributed by atoms with Gasteiger partial charge in [-0.15, -0.1) is 0 Å². The zero-order chi connectivity index (χ0) is 14.0. The smallest absolute Gasteiger partial charge is 0.272 e. The van der Waals surface area contributed by atoms with Crippen LogP contribution >= 0.6 is 0 Å². The van der Waals surface area contributed by atoms with Crippen molar-refractivity contribution < 1.29 is 4.79 Å². The fourth-order valence-corrected chi connectivity index (χ4v) is 2.24. The quantitative estimate of drug-likeness (QED) is 0.872. The van der Waals surface area contributed by atoms with Gasteiger partial charge in [-0.2, -0.15) is 0 Å². The van der Waals surface area contributed by atoms with Gasteiger partial charge in [-0.25, -0.2) is 4.98 Å². The molecule has 104 valence electrons. The molecule has 5 heteroatoms. The number of hydrogen-bond acceptors (Lipinski definition) is 4. The first kappa shape index (κ1) is 13.8. The van der Waals surface area contributed by atoms with Crippen molar-refractivity contribution in [1.29, 1.82) is 0 Å². The van der Waals surface area contributed by atoms with Crippen molar-refractivity contribution in [3.8, 4) is 0 Å². The highest BCUT2D eigenvalue weighted by Crippen LogP contribution is 2.20. The fraction of sp³-hybridized carbons (Fsp3) is 0.571. The van der Waals surface area contributed by atoms with Crippen molar-refractivity contribution in [3.05, 3.63) is 24.0 Å². The predicted molar refractivity (Wildman–Crippen MR) is 76.4 cm³/mol.